The first-order chi connectivity index (χ1) is 9.79. The summed E-state index contributed by atoms with van der Waals surface area (Å²) in [6.45, 7) is 3.58. The van der Waals surface area contributed by atoms with Gasteiger partial charge in [0.2, 0.25) is 0 Å². The van der Waals surface area contributed by atoms with Crippen LogP contribution < -0.4 is 0 Å². The highest BCUT2D eigenvalue weighted by Gasteiger charge is 2.27. The molecule has 1 saturated heterocycles. The first kappa shape index (κ1) is 13.4. The van der Waals surface area contributed by atoms with Crippen LogP contribution in [0.2, 0.25) is 0 Å². The van der Waals surface area contributed by atoms with Gasteiger partial charge in [-0.05, 0) is 30.2 Å². The molecule has 0 atom stereocenters. The summed E-state index contributed by atoms with van der Waals surface area (Å²) < 4.78 is 5.25. The Hall–Kier alpha value is -1.62. The molecule has 0 unspecified atom stereocenters. The second-order valence-corrected chi connectivity index (χ2v) is 6.04. The minimum absolute atomic E-state index is 0.0141. The zero-order valence-corrected chi connectivity index (χ0v) is 12.4. The number of thiophene rings is 1. The van der Waals surface area contributed by atoms with Gasteiger partial charge in [0.1, 0.15) is 5.76 Å². The summed E-state index contributed by atoms with van der Waals surface area (Å²) in [6, 6.07) is 4.29. The molecule has 0 N–H and O–H groups in total. The molecule has 5 heteroatoms. The smallest absolute Gasteiger partial charge is 0.276 e. The predicted molar refractivity (Wildman–Crippen MR) is 78.1 cm³/mol. The number of aryl methyl sites for hydroxylation is 1. The molecule has 1 amide bonds. The molecule has 0 radical (unpaired) electrons. The Labute approximate surface area is 122 Å². The van der Waals surface area contributed by atoms with Crippen LogP contribution in [-0.2, 0) is 6.42 Å². The first-order valence-electron chi connectivity index (χ1n) is 7.04. The molecule has 0 saturated carbocycles. The van der Waals surface area contributed by atoms with Crippen LogP contribution in [0.25, 0.3) is 0 Å². The van der Waals surface area contributed by atoms with Gasteiger partial charge in [-0.15, -0.1) is 11.3 Å². The van der Waals surface area contributed by atoms with Crippen LogP contribution in [0.5, 0.6) is 0 Å². The molecule has 0 bridgehead atoms. The summed E-state index contributed by atoms with van der Waals surface area (Å²) in [5.74, 6) is 1.30. The van der Waals surface area contributed by atoms with Gasteiger partial charge >= 0.3 is 0 Å². The van der Waals surface area contributed by atoms with Gasteiger partial charge < -0.3 is 9.32 Å². The van der Waals surface area contributed by atoms with Crippen molar-refractivity contribution in [3.63, 3.8) is 0 Å². The van der Waals surface area contributed by atoms with Crippen molar-refractivity contribution in [1.29, 1.82) is 0 Å². The number of aromatic nitrogens is 1. The molecule has 1 fully saturated rings. The van der Waals surface area contributed by atoms with Gasteiger partial charge in [-0.2, -0.15) is 0 Å². The third-order valence-corrected chi connectivity index (χ3v) is 4.93. The molecule has 0 aromatic carbocycles. The van der Waals surface area contributed by atoms with Crippen molar-refractivity contribution in [2.24, 2.45) is 0 Å². The summed E-state index contributed by atoms with van der Waals surface area (Å²) in [7, 11) is 0. The molecule has 2 aromatic heterocycles. The van der Waals surface area contributed by atoms with Crippen molar-refractivity contribution in [2.75, 3.05) is 13.1 Å². The van der Waals surface area contributed by atoms with Gasteiger partial charge in [-0.25, -0.2) is 4.98 Å². The summed E-state index contributed by atoms with van der Waals surface area (Å²) >= 11 is 1.81. The number of nitrogens with zero attached hydrogens (tertiary/aromatic N) is 2. The molecule has 4 nitrogen and oxygen atoms in total. The Morgan fingerprint density at radius 2 is 2.30 bits per heavy atom. The lowest BCUT2D eigenvalue weighted by molar-refractivity contribution is 0.0706. The Bertz CT molecular complexity index is 568. The van der Waals surface area contributed by atoms with Crippen molar-refractivity contribution < 1.29 is 9.21 Å². The van der Waals surface area contributed by atoms with Crippen LogP contribution in [0.3, 0.4) is 0 Å². The maximum Gasteiger partial charge on any atom is 0.276 e. The van der Waals surface area contributed by atoms with Crippen molar-refractivity contribution in [1.82, 2.24) is 9.88 Å². The molecule has 3 rings (SSSR count). The zero-order valence-electron chi connectivity index (χ0n) is 11.5. The Morgan fingerprint density at radius 3 is 2.95 bits per heavy atom. The standard InChI is InChI=1S/C15H18N2O2S/c1-2-12-14(16-10-19-12)15(18)17-7-5-11(6-8-17)13-4-3-9-20-13/h3-4,9-11H,2,5-8H2,1H3. The third kappa shape index (κ3) is 2.50. The lowest BCUT2D eigenvalue weighted by Crippen LogP contribution is -2.38. The van der Waals surface area contributed by atoms with E-state index in [1.807, 2.05) is 23.2 Å². The van der Waals surface area contributed by atoms with E-state index in [9.17, 15) is 4.79 Å². The maximum absolute atomic E-state index is 12.4. The number of amides is 1. The van der Waals surface area contributed by atoms with Crippen LogP contribution >= 0.6 is 11.3 Å². The van der Waals surface area contributed by atoms with Crippen LogP contribution in [0, 0.1) is 0 Å². The number of hydrogen-bond acceptors (Lipinski definition) is 4. The summed E-state index contributed by atoms with van der Waals surface area (Å²) in [6.07, 6.45) is 4.13. The summed E-state index contributed by atoms with van der Waals surface area (Å²) in [5, 5.41) is 2.12. The number of carbonyl (C=O) groups is 1. The molecular formula is C15H18N2O2S. The second-order valence-electron chi connectivity index (χ2n) is 5.06. The average Bonchev–Trinajstić information content (AvgIpc) is 3.17. The van der Waals surface area contributed by atoms with E-state index >= 15 is 0 Å². The van der Waals surface area contributed by atoms with E-state index in [1.165, 1.54) is 11.3 Å². The number of rotatable bonds is 3. The van der Waals surface area contributed by atoms with Crippen molar-refractivity contribution >= 4 is 17.2 Å². The fraction of sp³-hybridized carbons (Fsp3) is 0.467. The van der Waals surface area contributed by atoms with E-state index in [2.05, 4.69) is 22.5 Å². The minimum Gasteiger partial charge on any atom is -0.448 e. The normalized spacial score (nSPS) is 16.6. The highest BCUT2D eigenvalue weighted by atomic mass is 32.1. The largest absolute Gasteiger partial charge is 0.448 e. The van der Waals surface area contributed by atoms with E-state index < -0.39 is 0 Å². The lowest BCUT2D eigenvalue weighted by atomic mass is 9.95. The van der Waals surface area contributed by atoms with E-state index in [1.54, 1.807) is 0 Å². The molecule has 0 spiro atoms. The van der Waals surface area contributed by atoms with E-state index in [0.717, 1.165) is 25.9 Å². The molecular weight excluding hydrogens is 272 g/mol. The monoisotopic (exact) mass is 290 g/mol. The predicted octanol–water partition coefficient (Wildman–Crippen LogP) is 3.32. The highest BCUT2D eigenvalue weighted by molar-refractivity contribution is 7.10. The Morgan fingerprint density at radius 1 is 1.50 bits per heavy atom. The topological polar surface area (TPSA) is 46.3 Å². The maximum atomic E-state index is 12.4. The zero-order chi connectivity index (χ0) is 13.9. The highest BCUT2D eigenvalue weighted by Crippen LogP contribution is 2.31. The van der Waals surface area contributed by atoms with Crippen molar-refractivity contribution in [3.05, 3.63) is 40.2 Å². The van der Waals surface area contributed by atoms with Crippen molar-refractivity contribution in [3.8, 4) is 0 Å². The lowest BCUT2D eigenvalue weighted by Gasteiger charge is -2.31. The fourth-order valence-corrected chi connectivity index (χ4v) is 3.64. The van der Waals surface area contributed by atoms with E-state index in [0.29, 0.717) is 23.8 Å². The number of likely N-dealkylation sites (tertiary alicyclic amines) is 1. The molecule has 1 aliphatic heterocycles. The van der Waals surface area contributed by atoms with E-state index in [4.69, 9.17) is 4.42 Å². The molecule has 0 aliphatic carbocycles. The van der Waals surface area contributed by atoms with Crippen LogP contribution in [0.4, 0.5) is 0 Å². The molecule has 106 valence electrons. The van der Waals surface area contributed by atoms with Gasteiger partial charge in [-0.3, -0.25) is 4.79 Å². The van der Waals surface area contributed by atoms with Gasteiger partial charge in [0.15, 0.2) is 12.1 Å². The van der Waals surface area contributed by atoms with Gasteiger partial charge in [0, 0.05) is 24.4 Å². The Balaban J connectivity index is 1.65. The van der Waals surface area contributed by atoms with Gasteiger partial charge in [0.25, 0.3) is 5.91 Å². The SMILES string of the molecule is CCc1ocnc1C(=O)N1CCC(c2cccs2)CC1. The van der Waals surface area contributed by atoms with Crippen LogP contribution in [0.1, 0.15) is 46.8 Å². The third-order valence-electron chi connectivity index (χ3n) is 3.89. The number of carbonyl (C=O) groups excluding carboxylic acids is 1. The first-order valence-corrected chi connectivity index (χ1v) is 7.92. The van der Waals surface area contributed by atoms with Gasteiger partial charge in [0.05, 0.1) is 0 Å². The van der Waals surface area contributed by atoms with E-state index in [-0.39, 0.29) is 5.91 Å². The number of hydrogen-bond donors (Lipinski definition) is 0. The molecule has 20 heavy (non-hydrogen) atoms. The van der Waals surface area contributed by atoms with Crippen LogP contribution in [0.15, 0.2) is 28.3 Å². The number of piperidine rings is 1. The summed E-state index contributed by atoms with van der Waals surface area (Å²) in [5.41, 5.74) is 0.488. The average molecular weight is 290 g/mol. The molecule has 1 aliphatic rings. The fourth-order valence-electron chi connectivity index (χ4n) is 2.74. The van der Waals surface area contributed by atoms with Crippen LogP contribution in [-0.4, -0.2) is 28.9 Å². The number of oxazole rings is 1. The quantitative estimate of drug-likeness (QED) is 0.871. The van der Waals surface area contributed by atoms with Crippen molar-refractivity contribution in [2.45, 2.75) is 32.1 Å². The Kier molecular flexibility index (Phi) is 3.87. The minimum atomic E-state index is 0.0141. The molecule has 3 heterocycles. The molecule has 2 aromatic rings. The second kappa shape index (κ2) is 5.79. The summed E-state index contributed by atoms with van der Waals surface area (Å²) in [4.78, 5) is 19.9. The van der Waals surface area contributed by atoms with Gasteiger partial charge in [-0.1, -0.05) is 13.0 Å².